The first-order chi connectivity index (χ1) is 7.68. The van der Waals surface area contributed by atoms with Crippen molar-refractivity contribution in [2.75, 3.05) is 20.1 Å². The zero-order valence-electron chi connectivity index (χ0n) is 9.52. The minimum Gasteiger partial charge on any atom is -0.478 e. The summed E-state index contributed by atoms with van der Waals surface area (Å²) in [7, 11) is 2.11. The first-order valence-electron chi connectivity index (χ1n) is 5.69. The van der Waals surface area contributed by atoms with Crippen LogP contribution in [0.15, 0.2) is 24.3 Å². The van der Waals surface area contributed by atoms with Crippen LogP contribution in [0.4, 0.5) is 0 Å². The Morgan fingerprint density at radius 3 is 2.56 bits per heavy atom. The van der Waals surface area contributed by atoms with Crippen molar-refractivity contribution in [1.29, 1.82) is 0 Å². The summed E-state index contributed by atoms with van der Waals surface area (Å²) in [6.45, 7) is 2.11. The molecule has 1 heterocycles. The van der Waals surface area contributed by atoms with Crippen molar-refractivity contribution in [1.82, 2.24) is 4.90 Å². The standard InChI is InChI=1S/C13H17NO2/c1-14-8-6-10(7-9-14)11-4-2-3-5-12(11)13(15)16/h2-5,10H,6-9H2,1H3,(H,15,16). The maximum Gasteiger partial charge on any atom is 0.335 e. The highest BCUT2D eigenvalue weighted by Crippen LogP contribution is 2.29. The third kappa shape index (κ3) is 2.25. The van der Waals surface area contributed by atoms with Crippen LogP contribution in [0, 0.1) is 0 Å². The summed E-state index contributed by atoms with van der Waals surface area (Å²) < 4.78 is 0. The van der Waals surface area contributed by atoms with E-state index in [1.807, 2.05) is 12.1 Å². The van der Waals surface area contributed by atoms with Gasteiger partial charge < -0.3 is 10.0 Å². The summed E-state index contributed by atoms with van der Waals surface area (Å²) in [6, 6.07) is 7.39. The quantitative estimate of drug-likeness (QED) is 0.829. The summed E-state index contributed by atoms with van der Waals surface area (Å²) >= 11 is 0. The van der Waals surface area contributed by atoms with Crippen LogP contribution in [-0.2, 0) is 0 Å². The molecule has 2 rings (SSSR count). The molecular formula is C13H17NO2. The third-order valence-electron chi connectivity index (χ3n) is 3.35. The molecule has 0 radical (unpaired) electrons. The average molecular weight is 219 g/mol. The fourth-order valence-corrected chi connectivity index (χ4v) is 2.37. The first-order valence-corrected chi connectivity index (χ1v) is 5.69. The summed E-state index contributed by atoms with van der Waals surface area (Å²) in [5.41, 5.74) is 1.47. The molecule has 1 aromatic rings. The Labute approximate surface area is 95.7 Å². The topological polar surface area (TPSA) is 40.5 Å². The van der Waals surface area contributed by atoms with Crippen LogP contribution >= 0.6 is 0 Å². The molecule has 1 fully saturated rings. The van der Waals surface area contributed by atoms with Crippen molar-refractivity contribution in [2.24, 2.45) is 0 Å². The van der Waals surface area contributed by atoms with Crippen LogP contribution in [-0.4, -0.2) is 36.1 Å². The molecule has 0 bridgehead atoms. The lowest BCUT2D eigenvalue weighted by Crippen LogP contribution is -2.29. The van der Waals surface area contributed by atoms with E-state index in [0.29, 0.717) is 11.5 Å². The Kier molecular flexibility index (Phi) is 3.25. The second kappa shape index (κ2) is 4.66. The lowest BCUT2D eigenvalue weighted by Gasteiger charge is -2.29. The fourth-order valence-electron chi connectivity index (χ4n) is 2.37. The van der Waals surface area contributed by atoms with Gasteiger partial charge in [-0.2, -0.15) is 0 Å². The molecule has 1 aliphatic heterocycles. The van der Waals surface area contributed by atoms with Gasteiger partial charge in [0, 0.05) is 0 Å². The SMILES string of the molecule is CN1CCC(c2ccccc2C(=O)O)CC1. The first kappa shape index (κ1) is 11.1. The van der Waals surface area contributed by atoms with Gasteiger partial charge in [-0.1, -0.05) is 18.2 Å². The van der Waals surface area contributed by atoms with E-state index < -0.39 is 5.97 Å². The predicted molar refractivity (Wildman–Crippen MR) is 62.9 cm³/mol. The molecule has 3 nitrogen and oxygen atoms in total. The van der Waals surface area contributed by atoms with Gasteiger partial charge in [0.05, 0.1) is 5.56 Å². The molecule has 0 unspecified atom stereocenters. The Bertz CT molecular complexity index is 381. The van der Waals surface area contributed by atoms with E-state index >= 15 is 0 Å². The number of benzene rings is 1. The second-order valence-electron chi connectivity index (χ2n) is 4.47. The van der Waals surface area contributed by atoms with Crippen LogP contribution in [0.5, 0.6) is 0 Å². The number of aromatic carboxylic acids is 1. The number of piperidine rings is 1. The molecule has 0 amide bonds. The summed E-state index contributed by atoms with van der Waals surface area (Å²) in [4.78, 5) is 13.4. The van der Waals surface area contributed by atoms with Crippen molar-refractivity contribution < 1.29 is 9.90 Å². The number of hydrogen-bond acceptors (Lipinski definition) is 2. The Morgan fingerprint density at radius 2 is 1.94 bits per heavy atom. The van der Waals surface area contributed by atoms with Crippen LogP contribution in [0.2, 0.25) is 0 Å². The molecule has 1 saturated heterocycles. The van der Waals surface area contributed by atoms with Crippen molar-refractivity contribution in [2.45, 2.75) is 18.8 Å². The van der Waals surface area contributed by atoms with Gasteiger partial charge in [0.2, 0.25) is 0 Å². The van der Waals surface area contributed by atoms with Crippen molar-refractivity contribution in [3.63, 3.8) is 0 Å². The molecule has 16 heavy (non-hydrogen) atoms. The molecule has 0 spiro atoms. The smallest absolute Gasteiger partial charge is 0.335 e. The zero-order chi connectivity index (χ0) is 11.5. The van der Waals surface area contributed by atoms with E-state index in [1.165, 1.54) is 0 Å². The van der Waals surface area contributed by atoms with E-state index in [-0.39, 0.29) is 0 Å². The van der Waals surface area contributed by atoms with Gasteiger partial charge in [-0.15, -0.1) is 0 Å². The normalized spacial score (nSPS) is 18.6. The monoisotopic (exact) mass is 219 g/mol. The van der Waals surface area contributed by atoms with Crippen molar-refractivity contribution in [3.05, 3.63) is 35.4 Å². The van der Waals surface area contributed by atoms with Gasteiger partial charge >= 0.3 is 5.97 Å². The van der Waals surface area contributed by atoms with Gasteiger partial charge in [0.15, 0.2) is 0 Å². The summed E-state index contributed by atoms with van der Waals surface area (Å²) in [5, 5.41) is 9.14. The van der Waals surface area contributed by atoms with Gasteiger partial charge in [0.25, 0.3) is 0 Å². The number of nitrogens with zero attached hydrogens (tertiary/aromatic N) is 1. The molecule has 0 aliphatic carbocycles. The minimum absolute atomic E-state index is 0.406. The molecular weight excluding hydrogens is 202 g/mol. The van der Waals surface area contributed by atoms with E-state index in [4.69, 9.17) is 5.11 Å². The van der Waals surface area contributed by atoms with Gasteiger partial charge in [-0.3, -0.25) is 0 Å². The fraction of sp³-hybridized carbons (Fsp3) is 0.462. The molecule has 3 heteroatoms. The maximum atomic E-state index is 11.1. The Morgan fingerprint density at radius 1 is 1.31 bits per heavy atom. The van der Waals surface area contributed by atoms with Gasteiger partial charge in [0.1, 0.15) is 0 Å². The number of likely N-dealkylation sites (tertiary alicyclic amines) is 1. The van der Waals surface area contributed by atoms with Gasteiger partial charge in [-0.25, -0.2) is 4.79 Å². The van der Waals surface area contributed by atoms with E-state index in [0.717, 1.165) is 31.5 Å². The molecule has 86 valence electrons. The number of rotatable bonds is 2. The Balaban J connectivity index is 2.23. The summed E-state index contributed by atoms with van der Waals surface area (Å²) in [5.74, 6) is -0.405. The van der Waals surface area contributed by atoms with Crippen LogP contribution in [0.1, 0.15) is 34.7 Å². The van der Waals surface area contributed by atoms with Gasteiger partial charge in [-0.05, 0) is 50.5 Å². The largest absolute Gasteiger partial charge is 0.478 e. The maximum absolute atomic E-state index is 11.1. The Hall–Kier alpha value is -1.35. The minimum atomic E-state index is -0.811. The summed E-state index contributed by atoms with van der Waals surface area (Å²) in [6.07, 6.45) is 2.11. The van der Waals surface area contributed by atoms with E-state index in [9.17, 15) is 4.79 Å². The average Bonchev–Trinajstić information content (AvgIpc) is 2.30. The third-order valence-corrected chi connectivity index (χ3v) is 3.35. The number of carboxylic acid groups (broad SMARTS) is 1. The zero-order valence-corrected chi connectivity index (χ0v) is 9.52. The molecule has 1 aliphatic rings. The second-order valence-corrected chi connectivity index (χ2v) is 4.47. The van der Waals surface area contributed by atoms with Crippen LogP contribution in [0.3, 0.4) is 0 Å². The molecule has 0 aromatic heterocycles. The highest BCUT2D eigenvalue weighted by Gasteiger charge is 2.22. The van der Waals surface area contributed by atoms with Crippen LogP contribution < -0.4 is 0 Å². The lowest BCUT2D eigenvalue weighted by atomic mass is 9.86. The highest BCUT2D eigenvalue weighted by molar-refractivity contribution is 5.89. The number of carbonyl (C=O) groups is 1. The van der Waals surface area contributed by atoms with E-state index in [2.05, 4.69) is 11.9 Å². The van der Waals surface area contributed by atoms with Crippen LogP contribution in [0.25, 0.3) is 0 Å². The highest BCUT2D eigenvalue weighted by atomic mass is 16.4. The number of hydrogen-bond donors (Lipinski definition) is 1. The predicted octanol–water partition coefficient (Wildman–Crippen LogP) is 2.19. The molecule has 1 aromatic carbocycles. The number of carboxylic acids is 1. The van der Waals surface area contributed by atoms with E-state index in [1.54, 1.807) is 12.1 Å². The lowest BCUT2D eigenvalue weighted by molar-refractivity contribution is 0.0694. The molecule has 0 atom stereocenters. The molecule has 0 saturated carbocycles. The van der Waals surface area contributed by atoms with Crippen molar-refractivity contribution in [3.8, 4) is 0 Å². The van der Waals surface area contributed by atoms with Crippen molar-refractivity contribution >= 4 is 5.97 Å². The molecule has 1 N–H and O–H groups in total.